The minimum Gasteiger partial charge on any atom is -0.496 e. The molecule has 2 aromatic carbocycles. The van der Waals surface area contributed by atoms with Crippen molar-refractivity contribution in [3.8, 4) is 5.75 Å². The number of carbonyl (C=O) groups is 1. The molecule has 0 saturated carbocycles. The minimum absolute atomic E-state index is 0.00808. The summed E-state index contributed by atoms with van der Waals surface area (Å²) >= 11 is 0. The molecule has 0 bridgehead atoms. The smallest absolute Gasteiger partial charge is 0.261 e. The van der Waals surface area contributed by atoms with Crippen molar-refractivity contribution in [2.24, 2.45) is 0 Å². The van der Waals surface area contributed by atoms with Crippen LogP contribution in [-0.2, 0) is 10.0 Å². The number of nitrogens with one attached hydrogen (secondary N) is 2. The van der Waals surface area contributed by atoms with E-state index in [1.54, 1.807) is 0 Å². The molecule has 0 fully saturated rings. The maximum absolute atomic E-state index is 12.8. The summed E-state index contributed by atoms with van der Waals surface area (Å²) in [5.74, 6) is -0.113. The predicted molar refractivity (Wildman–Crippen MR) is 97.8 cm³/mol. The van der Waals surface area contributed by atoms with Gasteiger partial charge in [0, 0.05) is 7.05 Å². The van der Waals surface area contributed by atoms with Crippen molar-refractivity contribution >= 4 is 21.6 Å². The van der Waals surface area contributed by atoms with Crippen molar-refractivity contribution in [2.45, 2.75) is 25.7 Å². The predicted octanol–water partition coefficient (Wildman–Crippen LogP) is 2.78. The average molecular weight is 362 g/mol. The first-order valence-electron chi connectivity index (χ1n) is 7.70. The van der Waals surface area contributed by atoms with Crippen LogP contribution in [0, 0.1) is 20.8 Å². The highest BCUT2D eigenvalue weighted by Crippen LogP contribution is 2.27. The quantitative estimate of drug-likeness (QED) is 0.857. The number of amides is 1. The molecule has 134 valence electrons. The molecule has 0 aliphatic heterocycles. The lowest BCUT2D eigenvalue weighted by molar-refractivity contribution is 0.0960. The first-order valence-corrected chi connectivity index (χ1v) is 9.18. The molecule has 2 rings (SSSR count). The van der Waals surface area contributed by atoms with Gasteiger partial charge < -0.3 is 10.1 Å². The summed E-state index contributed by atoms with van der Waals surface area (Å²) in [7, 11) is -0.950. The van der Waals surface area contributed by atoms with Gasteiger partial charge in [-0.3, -0.25) is 9.52 Å². The van der Waals surface area contributed by atoms with E-state index < -0.39 is 15.9 Å². The number of methoxy groups -OCH3 is 1. The fourth-order valence-electron chi connectivity index (χ4n) is 2.70. The Morgan fingerprint density at radius 1 is 1.04 bits per heavy atom. The van der Waals surface area contributed by atoms with Gasteiger partial charge in [-0.15, -0.1) is 0 Å². The molecule has 0 aliphatic carbocycles. The fraction of sp³-hybridized carbons (Fsp3) is 0.278. The van der Waals surface area contributed by atoms with Crippen LogP contribution in [0.3, 0.4) is 0 Å². The van der Waals surface area contributed by atoms with Crippen LogP contribution in [0.25, 0.3) is 0 Å². The molecule has 0 aromatic heterocycles. The average Bonchev–Trinajstić information content (AvgIpc) is 2.56. The first kappa shape index (κ1) is 18.8. The molecule has 0 radical (unpaired) electrons. The SMILES string of the molecule is CNC(=O)c1cc(S(=O)(=O)Nc2c(C)cc(C)cc2C)ccc1OC. The summed E-state index contributed by atoms with van der Waals surface area (Å²) in [6, 6.07) is 8.00. The highest BCUT2D eigenvalue weighted by atomic mass is 32.2. The summed E-state index contributed by atoms with van der Waals surface area (Å²) in [5.41, 5.74) is 3.43. The molecule has 0 saturated heterocycles. The second-order valence-electron chi connectivity index (χ2n) is 5.82. The monoisotopic (exact) mass is 362 g/mol. The normalized spacial score (nSPS) is 11.1. The van der Waals surface area contributed by atoms with E-state index in [9.17, 15) is 13.2 Å². The van der Waals surface area contributed by atoms with Crippen LogP contribution in [0.5, 0.6) is 5.75 Å². The van der Waals surface area contributed by atoms with Crippen LogP contribution in [0.1, 0.15) is 27.0 Å². The number of sulfonamides is 1. The van der Waals surface area contributed by atoms with E-state index in [4.69, 9.17) is 4.74 Å². The Hall–Kier alpha value is -2.54. The second-order valence-corrected chi connectivity index (χ2v) is 7.50. The second kappa shape index (κ2) is 7.14. The zero-order valence-electron chi connectivity index (χ0n) is 14.9. The van der Waals surface area contributed by atoms with Gasteiger partial charge in [0.05, 0.1) is 23.3 Å². The number of carbonyl (C=O) groups excluding carboxylic acids is 1. The third kappa shape index (κ3) is 3.93. The van der Waals surface area contributed by atoms with Gasteiger partial charge in [0.15, 0.2) is 0 Å². The summed E-state index contributed by atoms with van der Waals surface area (Å²) in [6.07, 6.45) is 0. The Balaban J connectivity index is 2.49. The van der Waals surface area contributed by atoms with Crippen LogP contribution >= 0.6 is 0 Å². The largest absolute Gasteiger partial charge is 0.496 e. The maximum atomic E-state index is 12.8. The van der Waals surface area contributed by atoms with Crippen LogP contribution in [0.2, 0.25) is 0 Å². The molecule has 6 nitrogen and oxygen atoms in total. The molecule has 0 unspecified atom stereocenters. The summed E-state index contributed by atoms with van der Waals surface area (Å²) in [5, 5.41) is 2.47. The number of anilines is 1. The van der Waals surface area contributed by atoms with Crippen molar-refractivity contribution in [1.82, 2.24) is 5.32 Å². The Kier molecular flexibility index (Phi) is 5.37. The first-order chi connectivity index (χ1) is 11.7. The Morgan fingerprint density at radius 2 is 1.64 bits per heavy atom. The molecule has 0 aliphatic rings. The molecule has 0 heterocycles. The molecule has 2 aromatic rings. The van der Waals surface area contributed by atoms with Crippen molar-refractivity contribution in [1.29, 1.82) is 0 Å². The van der Waals surface area contributed by atoms with Gasteiger partial charge in [-0.25, -0.2) is 8.42 Å². The maximum Gasteiger partial charge on any atom is 0.261 e. The van der Waals surface area contributed by atoms with Crippen LogP contribution in [0.15, 0.2) is 35.2 Å². The van der Waals surface area contributed by atoms with Crippen molar-refractivity contribution in [3.63, 3.8) is 0 Å². The Labute approximate surface area is 148 Å². The third-order valence-electron chi connectivity index (χ3n) is 3.87. The van der Waals surface area contributed by atoms with E-state index in [2.05, 4.69) is 10.0 Å². The summed E-state index contributed by atoms with van der Waals surface area (Å²) < 4.78 is 33.3. The van der Waals surface area contributed by atoms with E-state index in [0.717, 1.165) is 16.7 Å². The Bertz CT molecular complexity index is 898. The zero-order valence-corrected chi connectivity index (χ0v) is 15.7. The molecule has 25 heavy (non-hydrogen) atoms. The van der Waals surface area contributed by atoms with Crippen molar-refractivity contribution in [2.75, 3.05) is 18.9 Å². The summed E-state index contributed by atoms with van der Waals surface area (Å²) in [6.45, 7) is 5.65. The van der Waals surface area contributed by atoms with Gasteiger partial charge in [-0.05, 0) is 50.1 Å². The number of ether oxygens (including phenoxy) is 1. The van der Waals surface area contributed by atoms with E-state index in [0.29, 0.717) is 11.4 Å². The van der Waals surface area contributed by atoms with Gasteiger partial charge >= 0.3 is 0 Å². The topological polar surface area (TPSA) is 84.5 Å². The van der Waals surface area contributed by atoms with E-state index in [1.807, 2.05) is 32.9 Å². The van der Waals surface area contributed by atoms with Crippen LogP contribution in [-0.4, -0.2) is 28.5 Å². The van der Waals surface area contributed by atoms with Crippen molar-refractivity contribution < 1.29 is 17.9 Å². The standard InChI is InChI=1S/C18H22N2O4S/c1-11-8-12(2)17(13(3)9-11)20-25(22,23)14-6-7-16(24-5)15(10-14)18(21)19-4/h6-10,20H,1-5H3,(H,19,21). The summed E-state index contributed by atoms with van der Waals surface area (Å²) in [4.78, 5) is 12.0. The fourth-order valence-corrected chi connectivity index (χ4v) is 3.93. The molecule has 1 amide bonds. The van der Waals surface area contributed by atoms with Gasteiger partial charge in [0.25, 0.3) is 15.9 Å². The molecular formula is C18H22N2O4S. The number of rotatable bonds is 5. The lowest BCUT2D eigenvalue weighted by Gasteiger charge is -2.15. The van der Waals surface area contributed by atoms with Crippen molar-refractivity contribution in [3.05, 3.63) is 52.6 Å². The van der Waals surface area contributed by atoms with E-state index >= 15 is 0 Å². The van der Waals surface area contributed by atoms with E-state index in [1.165, 1.54) is 32.4 Å². The molecular weight excluding hydrogens is 340 g/mol. The number of benzene rings is 2. The van der Waals surface area contributed by atoms with Gasteiger partial charge in [0.2, 0.25) is 0 Å². The minimum atomic E-state index is -3.85. The molecule has 7 heteroatoms. The number of aryl methyl sites for hydroxylation is 3. The van der Waals surface area contributed by atoms with Gasteiger partial charge in [0.1, 0.15) is 5.75 Å². The lowest BCUT2D eigenvalue weighted by atomic mass is 10.1. The highest BCUT2D eigenvalue weighted by Gasteiger charge is 2.21. The number of hydrogen-bond acceptors (Lipinski definition) is 4. The Morgan fingerprint density at radius 3 is 2.16 bits per heavy atom. The molecule has 0 atom stereocenters. The van der Waals surface area contributed by atoms with E-state index in [-0.39, 0.29) is 10.5 Å². The zero-order chi connectivity index (χ0) is 18.8. The number of hydrogen-bond donors (Lipinski definition) is 2. The van der Waals surface area contributed by atoms with Crippen LogP contribution < -0.4 is 14.8 Å². The van der Waals surface area contributed by atoms with Gasteiger partial charge in [-0.2, -0.15) is 0 Å². The highest BCUT2D eigenvalue weighted by molar-refractivity contribution is 7.92. The lowest BCUT2D eigenvalue weighted by Crippen LogP contribution is -2.20. The van der Waals surface area contributed by atoms with Crippen LogP contribution in [0.4, 0.5) is 5.69 Å². The third-order valence-corrected chi connectivity index (χ3v) is 5.21. The molecule has 2 N–H and O–H groups in total. The van der Waals surface area contributed by atoms with Gasteiger partial charge in [-0.1, -0.05) is 17.7 Å². The molecule has 0 spiro atoms.